The first-order valence-electron chi connectivity index (χ1n) is 11.1. The Morgan fingerprint density at radius 3 is 2.47 bits per heavy atom. The molecule has 0 radical (unpaired) electrons. The average molecular weight is 469 g/mol. The molecule has 34 heavy (non-hydrogen) atoms. The minimum absolute atomic E-state index is 0.0647. The first kappa shape index (κ1) is 22.6. The third kappa shape index (κ3) is 2.70. The van der Waals surface area contributed by atoms with E-state index in [-0.39, 0.29) is 23.3 Å². The van der Waals surface area contributed by atoms with E-state index in [1.54, 1.807) is 14.1 Å². The summed E-state index contributed by atoms with van der Waals surface area (Å²) in [4.78, 5) is 42.4. The number of phenols is 1. The molecule has 1 amide bonds. The van der Waals surface area contributed by atoms with Crippen LogP contribution in [-0.4, -0.2) is 80.5 Å². The normalized spacial score (nSPS) is 30.9. The van der Waals surface area contributed by atoms with E-state index < -0.39 is 58.0 Å². The molecular formula is C24H27N3O7. The summed E-state index contributed by atoms with van der Waals surface area (Å²) in [5.74, 6) is -6.26. The van der Waals surface area contributed by atoms with Crippen molar-refractivity contribution in [2.45, 2.75) is 37.6 Å². The summed E-state index contributed by atoms with van der Waals surface area (Å²) in [7, 11) is 5.10. The van der Waals surface area contributed by atoms with Gasteiger partial charge in [0, 0.05) is 30.1 Å². The fourth-order valence-corrected chi connectivity index (χ4v) is 6.34. The summed E-state index contributed by atoms with van der Waals surface area (Å²) in [5.41, 5.74) is 4.06. The van der Waals surface area contributed by atoms with Crippen LogP contribution in [-0.2, 0) is 29.1 Å². The van der Waals surface area contributed by atoms with Gasteiger partial charge in [-0.2, -0.15) is 0 Å². The van der Waals surface area contributed by atoms with Gasteiger partial charge < -0.3 is 26.2 Å². The maximum Gasteiger partial charge on any atom is 0.255 e. The molecule has 0 spiro atoms. The van der Waals surface area contributed by atoms with Crippen molar-refractivity contribution < 1.29 is 34.8 Å². The number of Topliss-reactive ketones (excluding diaryl/α,β-unsaturated/α-hetero) is 2. The Morgan fingerprint density at radius 2 is 1.85 bits per heavy atom. The number of allylic oxidation sites excluding steroid dienone is 1. The van der Waals surface area contributed by atoms with Gasteiger partial charge in [0.2, 0.25) is 5.78 Å². The van der Waals surface area contributed by atoms with Crippen LogP contribution in [0.2, 0.25) is 0 Å². The van der Waals surface area contributed by atoms with Crippen molar-refractivity contribution in [3.8, 4) is 5.75 Å². The summed E-state index contributed by atoms with van der Waals surface area (Å²) >= 11 is 0. The number of amides is 1. The van der Waals surface area contributed by atoms with E-state index in [0.717, 1.165) is 5.56 Å². The second-order valence-corrected chi connectivity index (χ2v) is 10.0. The fraction of sp³-hybridized carbons (Fsp3) is 0.458. The molecule has 1 aliphatic heterocycles. The number of aliphatic hydroxyl groups is 3. The van der Waals surface area contributed by atoms with Crippen LogP contribution < -0.4 is 5.73 Å². The van der Waals surface area contributed by atoms with Gasteiger partial charge >= 0.3 is 0 Å². The van der Waals surface area contributed by atoms with Gasteiger partial charge in [-0.25, -0.2) is 0 Å². The molecule has 5 rings (SSSR count). The lowest BCUT2D eigenvalue weighted by Crippen LogP contribution is -2.63. The number of carbonyl (C=O) groups excluding carboxylic acids is 3. The Hall–Kier alpha value is -3.21. The molecule has 4 atom stereocenters. The fourth-order valence-electron chi connectivity index (χ4n) is 6.34. The summed E-state index contributed by atoms with van der Waals surface area (Å²) < 4.78 is 0. The SMILES string of the molecule is CN1Cc2cc3c(c(O)c2C1)C(=O)C1=C(O)[C@]2(O)C(=O)C(C(N)=O)=C(O)[C@@H](N(C)C)[C@@H]2C[C@@H]1C3. The van der Waals surface area contributed by atoms with Gasteiger partial charge in [-0.05, 0) is 51.0 Å². The molecule has 180 valence electrons. The topological polar surface area (TPSA) is 165 Å². The largest absolute Gasteiger partial charge is 0.510 e. The highest BCUT2D eigenvalue weighted by molar-refractivity contribution is 6.24. The van der Waals surface area contributed by atoms with Crippen LogP contribution >= 0.6 is 0 Å². The quantitative estimate of drug-likeness (QED) is 0.377. The number of hydrogen-bond donors (Lipinski definition) is 5. The number of benzene rings is 1. The van der Waals surface area contributed by atoms with Gasteiger partial charge in [-0.3, -0.25) is 24.2 Å². The smallest absolute Gasteiger partial charge is 0.255 e. The van der Waals surface area contributed by atoms with Crippen molar-refractivity contribution in [2.24, 2.45) is 17.6 Å². The third-order valence-corrected chi connectivity index (χ3v) is 7.78. The first-order chi connectivity index (χ1) is 15.9. The number of nitrogens with zero attached hydrogens (tertiary/aromatic N) is 2. The van der Waals surface area contributed by atoms with Crippen LogP contribution in [0.3, 0.4) is 0 Å². The van der Waals surface area contributed by atoms with Crippen LogP contribution in [0.15, 0.2) is 28.7 Å². The average Bonchev–Trinajstić information content (AvgIpc) is 3.10. The van der Waals surface area contributed by atoms with Crippen molar-refractivity contribution in [1.29, 1.82) is 0 Å². The molecule has 0 unspecified atom stereocenters. The maximum absolute atomic E-state index is 13.6. The van der Waals surface area contributed by atoms with E-state index >= 15 is 0 Å². The molecule has 4 aliphatic rings. The van der Waals surface area contributed by atoms with Crippen LogP contribution in [0.5, 0.6) is 5.75 Å². The first-order valence-corrected chi connectivity index (χ1v) is 11.1. The number of phenolic OH excluding ortho intramolecular Hbond substituents is 1. The summed E-state index contributed by atoms with van der Waals surface area (Å²) in [6.45, 7) is 1.11. The van der Waals surface area contributed by atoms with E-state index in [1.807, 2.05) is 18.0 Å². The highest BCUT2D eigenvalue weighted by atomic mass is 16.3. The van der Waals surface area contributed by atoms with Crippen molar-refractivity contribution in [3.63, 3.8) is 0 Å². The van der Waals surface area contributed by atoms with E-state index in [0.29, 0.717) is 30.6 Å². The maximum atomic E-state index is 13.6. The molecule has 1 aromatic carbocycles. The van der Waals surface area contributed by atoms with Crippen molar-refractivity contribution >= 4 is 17.5 Å². The van der Waals surface area contributed by atoms with Gasteiger partial charge in [0.25, 0.3) is 5.91 Å². The minimum atomic E-state index is -2.61. The highest BCUT2D eigenvalue weighted by Crippen LogP contribution is 2.52. The Balaban J connectivity index is 1.71. The predicted molar refractivity (Wildman–Crippen MR) is 119 cm³/mol. The number of aromatic hydroxyl groups is 1. The number of fused-ring (bicyclic) bond motifs is 4. The summed E-state index contributed by atoms with van der Waals surface area (Å²) in [5, 5.41) is 44.5. The molecule has 0 saturated heterocycles. The zero-order chi connectivity index (χ0) is 24.9. The molecule has 0 saturated carbocycles. The minimum Gasteiger partial charge on any atom is -0.510 e. The lowest BCUT2D eigenvalue weighted by Gasteiger charge is -2.50. The Kier molecular flexibility index (Phi) is 4.74. The molecular weight excluding hydrogens is 442 g/mol. The number of nitrogens with two attached hydrogens (primary N) is 1. The van der Waals surface area contributed by atoms with Gasteiger partial charge in [-0.1, -0.05) is 6.07 Å². The molecule has 0 aromatic heterocycles. The summed E-state index contributed by atoms with van der Waals surface area (Å²) in [6, 6.07) is 0.908. The molecule has 3 aliphatic carbocycles. The van der Waals surface area contributed by atoms with Crippen LogP contribution in [0.25, 0.3) is 0 Å². The highest BCUT2D eigenvalue weighted by Gasteiger charge is 2.63. The number of aliphatic hydroxyl groups excluding tert-OH is 2. The van der Waals surface area contributed by atoms with E-state index in [9.17, 15) is 34.8 Å². The molecule has 10 nitrogen and oxygen atoms in total. The van der Waals surface area contributed by atoms with E-state index in [2.05, 4.69) is 0 Å². The Labute approximate surface area is 195 Å². The predicted octanol–water partition coefficient (Wildman–Crippen LogP) is 0.0660. The molecule has 1 aromatic rings. The second-order valence-electron chi connectivity index (χ2n) is 10.0. The van der Waals surface area contributed by atoms with Gasteiger partial charge in [0.15, 0.2) is 11.4 Å². The Bertz CT molecular complexity index is 1250. The van der Waals surface area contributed by atoms with Crippen molar-refractivity contribution in [2.75, 3.05) is 21.1 Å². The monoisotopic (exact) mass is 469 g/mol. The zero-order valence-corrected chi connectivity index (χ0v) is 19.1. The van der Waals surface area contributed by atoms with Crippen LogP contribution in [0, 0.1) is 11.8 Å². The van der Waals surface area contributed by atoms with Crippen LogP contribution in [0.4, 0.5) is 0 Å². The summed E-state index contributed by atoms with van der Waals surface area (Å²) in [6.07, 6.45) is 0.391. The third-order valence-electron chi connectivity index (χ3n) is 7.78. The van der Waals surface area contributed by atoms with Crippen molar-refractivity contribution in [1.82, 2.24) is 9.80 Å². The molecule has 0 fully saturated rings. The molecule has 6 N–H and O–H groups in total. The van der Waals surface area contributed by atoms with Gasteiger partial charge in [0.1, 0.15) is 22.8 Å². The van der Waals surface area contributed by atoms with Gasteiger partial charge in [-0.15, -0.1) is 0 Å². The number of carbonyl (C=O) groups is 3. The van der Waals surface area contributed by atoms with Crippen LogP contribution in [0.1, 0.15) is 33.5 Å². The number of rotatable bonds is 2. The zero-order valence-electron chi connectivity index (χ0n) is 19.1. The second kappa shape index (κ2) is 7.14. The lowest BCUT2D eigenvalue weighted by atomic mass is 9.58. The molecule has 1 heterocycles. The number of likely N-dealkylation sites (N-methyl/N-ethyl adjacent to an activating group) is 1. The lowest BCUT2D eigenvalue weighted by molar-refractivity contribution is -0.148. The Morgan fingerprint density at radius 1 is 1.18 bits per heavy atom. The van der Waals surface area contributed by atoms with Crippen molar-refractivity contribution in [3.05, 3.63) is 51.0 Å². The molecule has 10 heteroatoms. The standard InChI is InChI=1S/C24H27N3O7/c1-26(2)17-13-6-10-4-9-5-11-7-27(3)8-12(11)18(28)14(9)19(29)15(10)21(31)24(13,34)22(32)16(20(17)30)23(25)33/h5,10,13,17,28,30-31,34H,4,6-8H2,1-3H3,(H2,25,33)/t10-,13-,17-,24-/m0/s1. The number of ketones is 2. The number of primary amides is 1. The van der Waals surface area contributed by atoms with E-state index in [1.165, 1.54) is 4.90 Å². The molecule has 0 bridgehead atoms. The number of hydrogen-bond acceptors (Lipinski definition) is 9. The van der Waals surface area contributed by atoms with E-state index in [4.69, 9.17) is 5.73 Å². The van der Waals surface area contributed by atoms with Gasteiger partial charge in [0.05, 0.1) is 11.6 Å².